The van der Waals surface area contributed by atoms with E-state index < -0.39 is 12.2 Å². The number of hydrogen-bond donors (Lipinski definition) is 1. The molecule has 0 bridgehead atoms. The lowest BCUT2D eigenvalue weighted by atomic mass is 10.1. The molecule has 3 nitrogen and oxygen atoms in total. The number of nitrogens with two attached hydrogens (primary N) is 1. The standard InChI is InChI=1S/C15H22F3N3/c1-12-3-2-4-13(11-12)20-7-9-21(10-8-20)14(5-6-19)15(16,17)18/h2-4,11,14H,5-10,19H2,1H3. The van der Waals surface area contributed by atoms with Crippen LogP contribution in [0, 0.1) is 6.92 Å². The Hall–Kier alpha value is -1.27. The summed E-state index contributed by atoms with van der Waals surface area (Å²) in [5.74, 6) is 0. The molecule has 0 aromatic heterocycles. The average molecular weight is 301 g/mol. The first-order valence-corrected chi connectivity index (χ1v) is 7.24. The van der Waals surface area contributed by atoms with Crippen molar-refractivity contribution in [2.75, 3.05) is 37.6 Å². The molecule has 21 heavy (non-hydrogen) atoms. The second-order valence-corrected chi connectivity index (χ2v) is 5.50. The molecule has 0 aliphatic carbocycles. The largest absolute Gasteiger partial charge is 0.404 e. The highest BCUT2D eigenvalue weighted by Crippen LogP contribution is 2.28. The van der Waals surface area contributed by atoms with E-state index in [1.807, 2.05) is 25.1 Å². The van der Waals surface area contributed by atoms with Gasteiger partial charge < -0.3 is 10.6 Å². The predicted octanol–water partition coefficient (Wildman–Crippen LogP) is 2.40. The zero-order valence-electron chi connectivity index (χ0n) is 12.2. The van der Waals surface area contributed by atoms with Crippen LogP contribution in [0.1, 0.15) is 12.0 Å². The number of benzene rings is 1. The van der Waals surface area contributed by atoms with Crippen LogP contribution in [0.3, 0.4) is 0 Å². The Balaban J connectivity index is 1.99. The van der Waals surface area contributed by atoms with Gasteiger partial charge >= 0.3 is 6.18 Å². The normalized spacial score (nSPS) is 18.8. The highest BCUT2D eigenvalue weighted by atomic mass is 19.4. The average Bonchev–Trinajstić information content (AvgIpc) is 2.44. The Bertz CT molecular complexity index is 454. The third kappa shape index (κ3) is 4.11. The molecule has 1 aliphatic heterocycles. The number of hydrogen-bond acceptors (Lipinski definition) is 3. The lowest BCUT2D eigenvalue weighted by Gasteiger charge is -2.40. The van der Waals surface area contributed by atoms with Gasteiger partial charge in [-0.3, -0.25) is 4.90 Å². The molecule has 2 rings (SSSR count). The summed E-state index contributed by atoms with van der Waals surface area (Å²) in [7, 11) is 0. The Morgan fingerprint density at radius 1 is 1.19 bits per heavy atom. The van der Waals surface area contributed by atoms with Crippen LogP contribution in [-0.4, -0.2) is 49.8 Å². The van der Waals surface area contributed by atoms with E-state index in [4.69, 9.17) is 5.73 Å². The first-order chi connectivity index (χ1) is 9.91. The smallest absolute Gasteiger partial charge is 0.369 e. The van der Waals surface area contributed by atoms with E-state index in [-0.39, 0.29) is 13.0 Å². The van der Waals surface area contributed by atoms with Crippen LogP contribution < -0.4 is 10.6 Å². The van der Waals surface area contributed by atoms with Crippen LogP contribution in [0.5, 0.6) is 0 Å². The number of piperazine rings is 1. The molecule has 1 unspecified atom stereocenters. The second kappa shape index (κ2) is 6.66. The molecule has 1 heterocycles. The molecular formula is C15H22F3N3. The van der Waals surface area contributed by atoms with E-state index in [1.54, 1.807) is 0 Å². The zero-order valence-corrected chi connectivity index (χ0v) is 12.2. The quantitative estimate of drug-likeness (QED) is 0.927. The summed E-state index contributed by atoms with van der Waals surface area (Å²) >= 11 is 0. The van der Waals surface area contributed by atoms with E-state index in [0.717, 1.165) is 11.3 Å². The number of rotatable bonds is 4. The van der Waals surface area contributed by atoms with Gasteiger partial charge in [-0.15, -0.1) is 0 Å². The van der Waals surface area contributed by atoms with Gasteiger partial charge in [-0.25, -0.2) is 0 Å². The van der Waals surface area contributed by atoms with Crippen molar-refractivity contribution in [2.24, 2.45) is 5.73 Å². The first-order valence-electron chi connectivity index (χ1n) is 7.24. The van der Waals surface area contributed by atoms with Gasteiger partial charge in [0.15, 0.2) is 0 Å². The number of alkyl halides is 3. The fourth-order valence-corrected chi connectivity index (χ4v) is 2.83. The van der Waals surface area contributed by atoms with Crippen molar-refractivity contribution in [3.8, 4) is 0 Å². The molecule has 0 spiro atoms. The van der Waals surface area contributed by atoms with Gasteiger partial charge in [0.25, 0.3) is 0 Å². The van der Waals surface area contributed by atoms with Gasteiger partial charge in [0.1, 0.15) is 6.04 Å². The van der Waals surface area contributed by atoms with E-state index in [2.05, 4.69) is 11.0 Å². The lowest BCUT2D eigenvalue weighted by molar-refractivity contribution is -0.185. The number of aryl methyl sites for hydroxylation is 1. The van der Waals surface area contributed by atoms with Crippen molar-refractivity contribution in [3.63, 3.8) is 0 Å². The van der Waals surface area contributed by atoms with Crippen LogP contribution in [-0.2, 0) is 0 Å². The molecule has 1 aliphatic rings. The fraction of sp³-hybridized carbons (Fsp3) is 0.600. The van der Waals surface area contributed by atoms with Crippen molar-refractivity contribution in [2.45, 2.75) is 25.6 Å². The van der Waals surface area contributed by atoms with Crippen molar-refractivity contribution >= 4 is 5.69 Å². The second-order valence-electron chi connectivity index (χ2n) is 5.50. The molecule has 2 N–H and O–H groups in total. The highest BCUT2D eigenvalue weighted by Gasteiger charge is 2.43. The van der Waals surface area contributed by atoms with Crippen LogP contribution in [0.2, 0.25) is 0 Å². The van der Waals surface area contributed by atoms with Gasteiger partial charge in [0.2, 0.25) is 0 Å². The molecular weight excluding hydrogens is 279 g/mol. The van der Waals surface area contributed by atoms with E-state index in [1.165, 1.54) is 4.90 Å². The maximum atomic E-state index is 13.1. The third-order valence-electron chi connectivity index (χ3n) is 3.94. The topological polar surface area (TPSA) is 32.5 Å². The highest BCUT2D eigenvalue weighted by molar-refractivity contribution is 5.48. The SMILES string of the molecule is Cc1cccc(N2CCN(C(CCN)C(F)(F)F)CC2)c1. The summed E-state index contributed by atoms with van der Waals surface area (Å²) < 4.78 is 39.2. The molecule has 6 heteroatoms. The summed E-state index contributed by atoms with van der Waals surface area (Å²) in [4.78, 5) is 3.65. The van der Waals surface area contributed by atoms with Crippen molar-refractivity contribution in [3.05, 3.63) is 29.8 Å². The summed E-state index contributed by atoms with van der Waals surface area (Å²) in [5.41, 5.74) is 7.57. The first kappa shape index (κ1) is 16.1. The van der Waals surface area contributed by atoms with Crippen LogP contribution >= 0.6 is 0 Å². The minimum Gasteiger partial charge on any atom is -0.369 e. The molecule has 118 valence electrons. The van der Waals surface area contributed by atoms with E-state index >= 15 is 0 Å². The predicted molar refractivity (Wildman–Crippen MR) is 78.5 cm³/mol. The zero-order chi connectivity index (χ0) is 15.5. The maximum Gasteiger partial charge on any atom is 0.404 e. The molecule has 1 aromatic carbocycles. The van der Waals surface area contributed by atoms with Crippen molar-refractivity contribution in [1.82, 2.24) is 4.90 Å². The molecule has 0 radical (unpaired) electrons. The minimum atomic E-state index is -4.20. The molecule has 1 fully saturated rings. The fourth-order valence-electron chi connectivity index (χ4n) is 2.83. The van der Waals surface area contributed by atoms with Gasteiger partial charge in [-0.05, 0) is 37.6 Å². The summed E-state index contributed by atoms with van der Waals surface area (Å²) in [6.07, 6.45) is -4.24. The van der Waals surface area contributed by atoms with E-state index in [9.17, 15) is 13.2 Å². The van der Waals surface area contributed by atoms with Gasteiger partial charge in [0, 0.05) is 31.9 Å². The van der Waals surface area contributed by atoms with E-state index in [0.29, 0.717) is 26.2 Å². The lowest BCUT2D eigenvalue weighted by Crippen LogP contribution is -2.55. The third-order valence-corrected chi connectivity index (χ3v) is 3.94. The molecule has 1 aromatic rings. The maximum absolute atomic E-state index is 13.1. The number of anilines is 1. The summed E-state index contributed by atoms with van der Waals surface area (Å²) in [6.45, 7) is 4.13. The van der Waals surface area contributed by atoms with Crippen molar-refractivity contribution < 1.29 is 13.2 Å². The molecule has 1 saturated heterocycles. The monoisotopic (exact) mass is 301 g/mol. The Labute approximate surface area is 123 Å². The summed E-state index contributed by atoms with van der Waals surface area (Å²) in [5, 5.41) is 0. The Morgan fingerprint density at radius 2 is 1.86 bits per heavy atom. The Morgan fingerprint density at radius 3 is 2.38 bits per heavy atom. The molecule has 1 atom stereocenters. The van der Waals surface area contributed by atoms with Gasteiger partial charge in [0.05, 0.1) is 0 Å². The van der Waals surface area contributed by atoms with Gasteiger partial charge in [-0.2, -0.15) is 13.2 Å². The van der Waals surface area contributed by atoms with Crippen molar-refractivity contribution in [1.29, 1.82) is 0 Å². The molecule has 0 amide bonds. The Kier molecular flexibility index (Phi) is 5.11. The molecule has 0 saturated carbocycles. The van der Waals surface area contributed by atoms with Crippen LogP contribution in [0.4, 0.5) is 18.9 Å². The summed E-state index contributed by atoms with van der Waals surface area (Å²) in [6, 6.07) is 6.65. The van der Waals surface area contributed by atoms with Crippen LogP contribution in [0.25, 0.3) is 0 Å². The van der Waals surface area contributed by atoms with Crippen LogP contribution in [0.15, 0.2) is 24.3 Å². The van der Waals surface area contributed by atoms with Gasteiger partial charge in [-0.1, -0.05) is 12.1 Å². The number of nitrogens with zero attached hydrogens (tertiary/aromatic N) is 2. The minimum absolute atomic E-state index is 0.0338. The number of halogens is 3.